The quantitative estimate of drug-likeness (QED) is 0.843. The number of nitrogens with zero attached hydrogens (tertiary/aromatic N) is 1. The van der Waals surface area contributed by atoms with Crippen molar-refractivity contribution >= 4 is 18.3 Å². The zero-order valence-electron chi connectivity index (χ0n) is 14.3. The van der Waals surface area contributed by atoms with Crippen LogP contribution in [-0.4, -0.2) is 23.1 Å². The molecule has 130 valence electrons. The van der Waals surface area contributed by atoms with Gasteiger partial charge in [0, 0.05) is 30.5 Å². The second kappa shape index (κ2) is 7.86. The first-order chi connectivity index (χ1) is 11.1. The molecule has 1 aromatic heterocycles. The second-order valence-corrected chi connectivity index (χ2v) is 6.51. The van der Waals surface area contributed by atoms with Crippen LogP contribution in [0.1, 0.15) is 40.2 Å². The summed E-state index contributed by atoms with van der Waals surface area (Å²) in [6.45, 7) is 5.36. The van der Waals surface area contributed by atoms with E-state index in [4.69, 9.17) is 5.73 Å². The van der Waals surface area contributed by atoms with Crippen molar-refractivity contribution in [2.75, 3.05) is 6.54 Å². The number of rotatable bonds is 6. The fourth-order valence-electron chi connectivity index (χ4n) is 3.15. The number of aryl methyl sites for hydroxylation is 1. The molecule has 1 aliphatic rings. The molecule has 1 amide bonds. The van der Waals surface area contributed by atoms with E-state index in [1.807, 2.05) is 38.1 Å². The highest BCUT2D eigenvalue weighted by Gasteiger charge is 2.32. The number of amides is 1. The van der Waals surface area contributed by atoms with Gasteiger partial charge in [-0.05, 0) is 44.2 Å². The highest BCUT2D eigenvalue weighted by molar-refractivity contribution is 5.96. The Hall–Kier alpha value is -1.78. The number of carbonyl (C=O) groups excluding carboxylic acids is 1. The Morgan fingerprint density at radius 2 is 1.96 bits per heavy atom. The average Bonchev–Trinajstić information content (AvgIpc) is 3.36. The van der Waals surface area contributed by atoms with Crippen molar-refractivity contribution in [1.29, 1.82) is 0 Å². The average molecular weight is 348 g/mol. The van der Waals surface area contributed by atoms with Crippen molar-refractivity contribution in [3.05, 3.63) is 58.9 Å². The van der Waals surface area contributed by atoms with Crippen LogP contribution in [-0.2, 0) is 6.54 Å². The highest BCUT2D eigenvalue weighted by Crippen LogP contribution is 2.32. The van der Waals surface area contributed by atoms with Gasteiger partial charge < -0.3 is 15.6 Å². The van der Waals surface area contributed by atoms with Gasteiger partial charge in [0.25, 0.3) is 5.91 Å². The molecule has 1 heterocycles. The molecule has 0 bridgehead atoms. The van der Waals surface area contributed by atoms with E-state index in [2.05, 4.69) is 22.0 Å². The highest BCUT2D eigenvalue weighted by atomic mass is 35.5. The maximum Gasteiger partial charge on any atom is 0.253 e. The topological polar surface area (TPSA) is 60.1 Å². The van der Waals surface area contributed by atoms with Gasteiger partial charge in [-0.15, -0.1) is 12.4 Å². The maximum atomic E-state index is 12.6. The van der Waals surface area contributed by atoms with E-state index in [0.29, 0.717) is 12.5 Å². The minimum atomic E-state index is -0.000221. The van der Waals surface area contributed by atoms with Gasteiger partial charge in [-0.2, -0.15) is 0 Å². The number of halogens is 1. The van der Waals surface area contributed by atoms with Crippen molar-refractivity contribution in [3.8, 4) is 0 Å². The summed E-state index contributed by atoms with van der Waals surface area (Å²) in [4.78, 5) is 12.6. The van der Waals surface area contributed by atoms with E-state index in [-0.39, 0.29) is 24.4 Å². The van der Waals surface area contributed by atoms with Crippen LogP contribution in [0.3, 0.4) is 0 Å². The summed E-state index contributed by atoms with van der Waals surface area (Å²) in [7, 11) is 0. The predicted octanol–water partition coefficient (Wildman–Crippen LogP) is 3.04. The number of hydrogen-bond acceptors (Lipinski definition) is 2. The number of aromatic nitrogens is 1. The third kappa shape index (κ3) is 4.00. The molecule has 0 saturated heterocycles. The van der Waals surface area contributed by atoms with Gasteiger partial charge in [0.05, 0.1) is 5.56 Å². The van der Waals surface area contributed by atoms with Gasteiger partial charge in [-0.25, -0.2) is 0 Å². The van der Waals surface area contributed by atoms with E-state index in [1.165, 1.54) is 18.4 Å². The number of benzene rings is 1. The standard InChI is InChI=1S/C19H25N3O.ClH/c1-13-10-17(19(23)21-18(11-20)16-8-9-16)14(2)22(13)12-15-6-4-3-5-7-15;/h3-7,10,16,18H,8-9,11-12,20H2,1-2H3,(H,21,23);1H. The van der Waals surface area contributed by atoms with E-state index in [9.17, 15) is 4.79 Å². The molecule has 1 saturated carbocycles. The fraction of sp³-hybridized carbons (Fsp3) is 0.421. The molecule has 0 radical (unpaired) electrons. The molecular formula is C19H26ClN3O. The monoisotopic (exact) mass is 347 g/mol. The summed E-state index contributed by atoms with van der Waals surface area (Å²) >= 11 is 0. The molecule has 1 unspecified atom stereocenters. The SMILES string of the molecule is Cc1cc(C(=O)NC(CN)C2CC2)c(C)n1Cc1ccccc1.Cl. The van der Waals surface area contributed by atoms with Gasteiger partial charge in [0.2, 0.25) is 0 Å². The van der Waals surface area contributed by atoms with Gasteiger partial charge in [-0.1, -0.05) is 30.3 Å². The fourth-order valence-corrected chi connectivity index (χ4v) is 3.15. The molecule has 5 heteroatoms. The van der Waals surface area contributed by atoms with Crippen LogP contribution >= 0.6 is 12.4 Å². The maximum absolute atomic E-state index is 12.6. The Labute approximate surface area is 149 Å². The van der Waals surface area contributed by atoms with Crippen molar-refractivity contribution in [1.82, 2.24) is 9.88 Å². The number of carbonyl (C=O) groups is 1. The largest absolute Gasteiger partial charge is 0.348 e. The summed E-state index contributed by atoms with van der Waals surface area (Å²) in [5.74, 6) is 0.566. The minimum absolute atomic E-state index is 0. The molecule has 1 aromatic carbocycles. The molecule has 1 atom stereocenters. The van der Waals surface area contributed by atoms with Crippen molar-refractivity contribution in [3.63, 3.8) is 0 Å². The third-order valence-corrected chi connectivity index (χ3v) is 4.76. The summed E-state index contributed by atoms with van der Waals surface area (Å²) in [5, 5.41) is 3.11. The Kier molecular flexibility index (Phi) is 6.08. The van der Waals surface area contributed by atoms with Gasteiger partial charge in [0.1, 0.15) is 0 Å². The lowest BCUT2D eigenvalue weighted by atomic mass is 10.1. The molecule has 3 N–H and O–H groups in total. The van der Waals surface area contributed by atoms with E-state index < -0.39 is 0 Å². The molecule has 1 aliphatic carbocycles. The first kappa shape index (κ1) is 18.6. The lowest BCUT2D eigenvalue weighted by Crippen LogP contribution is -2.41. The van der Waals surface area contributed by atoms with E-state index >= 15 is 0 Å². The van der Waals surface area contributed by atoms with Crippen LogP contribution in [0.5, 0.6) is 0 Å². The first-order valence-corrected chi connectivity index (χ1v) is 8.31. The lowest BCUT2D eigenvalue weighted by Gasteiger charge is -2.16. The van der Waals surface area contributed by atoms with Crippen LogP contribution in [0, 0.1) is 19.8 Å². The number of hydrogen-bond donors (Lipinski definition) is 2. The molecule has 0 spiro atoms. The molecule has 2 aromatic rings. The predicted molar refractivity (Wildman–Crippen MR) is 99.7 cm³/mol. The van der Waals surface area contributed by atoms with Gasteiger partial charge >= 0.3 is 0 Å². The van der Waals surface area contributed by atoms with Crippen molar-refractivity contribution in [2.45, 2.75) is 39.3 Å². The number of nitrogens with one attached hydrogen (secondary N) is 1. The van der Waals surface area contributed by atoms with Crippen molar-refractivity contribution < 1.29 is 4.79 Å². The molecular weight excluding hydrogens is 322 g/mol. The summed E-state index contributed by atoms with van der Waals surface area (Å²) in [5.41, 5.74) is 9.91. The van der Waals surface area contributed by atoms with Crippen LogP contribution in [0.25, 0.3) is 0 Å². The number of nitrogens with two attached hydrogens (primary N) is 1. The van der Waals surface area contributed by atoms with Gasteiger partial charge in [-0.3, -0.25) is 4.79 Å². The summed E-state index contributed by atoms with van der Waals surface area (Å²) in [6, 6.07) is 12.4. The summed E-state index contributed by atoms with van der Waals surface area (Å²) < 4.78 is 2.19. The Morgan fingerprint density at radius 1 is 1.29 bits per heavy atom. The molecule has 3 rings (SSSR count). The first-order valence-electron chi connectivity index (χ1n) is 8.31. The zero-order valence-corrected chi connectivity index (χ0v) is 15.1. The smallest absolute Gasteiger partial charge is 0.253 e. The van der Waals surface area contributed by atoms with Crippen LogP contribution in [0.4, 0.5) is 0 Å². The minimum Gasteiger partial charge on any atom is -0.348 e. The second-order valence-electron chi connectivity index (χ2n) is 6.51. The molecule has 0 aliphatic heterocycles. The molecule has 1 fully saturated rings. The normalized spacial score (nSPS) is 14.8. The molecule has 4 nitrogen and oxygen atoms in total. The zero-order chi connectivity index (χ0) is 16.4. The Balaban J connectivity index is 0.00000208. The lowest BCUT2D eigenvalue weighted by molar-refractivity contribution is 0.0932. The summed E-state index contributed by atoms with van der Waals surface area (Å²) in [6.07, 6.45) is 2.35. The molecule has 24 heavy (non-hydrogen) atoms. The Bertz CT molecular complexity index is 692. The van der Waals surface area contributed by atoms with E-state index in [0.717, 1.165) is 23.5 Å². The van der Waals surface area contributed by atoms with E-state index in [1.54, 1.807) is 0 Å². The third-order valence-electron chi connectivity index (χ3n) is 4.76. The van der Waals surface area contributed by atoms with Crippen LogP contribution in [0.2, 0.25) is 0 Å². The van der Waals surface area contributed by atoms with Crippen molar-refractivity contribution in [2.24, 2.45) is 11.7 Å². The Morgan fingerprint density at radius 3 is 2.54 bits per heavy atom. The van der Waals surface area contributed by atoms with Gasteiger partial charge in [0.15, 0.2) is 0 Å². The van der Waals surface area contributed by atoms with Crippen LogP contribution in [0.15, 0.2) is 36.4 Å². The van der Waals surface area contributed by atoms with Crippen LogP contribution < -0.4 is 11.1 Å².